The molecule has 1 aromatic carbocycles. The number of halogens is 3. The largest absolute Gasteiger partial charge is 0.504 e. The maximum absolute atomic E-state index is 13.7. The van der Waals surface area contributed by atoms with Gasteiger partial charge in [0.15, 0.2) is 17.5 Å². The highest BCUT2D eigenvalue weighted by molar-refractivity contribution is 5.89. The number of nitrogens with one attached hydrogen (secondary N) is 2. The molecule has 18 heavy (non-hydrogen) atoms. The highest BCUT2D eigenvalue weighted by Gasteiger charge is 2.21. The average molecular weight is 259 g/mol. The fourth-order valence-electron chi connectivity index (χ4n) is 1.93. The second-order valence-corrected chi connectivity index (χ2v) is 4.57. The van der Waals surface area contributed by atoms with Gasteiger partial charge in [0, 0.05) is 18.1 Å². The summed E-state index contributed by atoms with van der Waals surface area (Å²) in [7, 11) is 3.79. The van der Waals surface area contributed by atoms with Crippen molar-refractivity contribution in [3.63, 3.8) is 0 Å². The Kier molecular flexibility index (Phi) is 3.21. The Morgan fingerprint density at radius 1 is 1.28 bits per heavy atom. The summed E-state index contributed by atoms with van der Waals surface area (Å²) < 4.78 is 40.0. The number of fused-ring (bicyclic) bond motifs is 1. The Morgan fingerprint density at radius 2 is 1.94 bits per heavy atom. The number of likely N-dealkylation sites (N-methyl/N-ethyl adjacent to an activating group) is 1. The van der Waals surface area contributed by atoms with Crippen LogP contribution in [-0.2, 0) is 6.42 Å². The molecule has 0 aliphatic rings. The molecule has 0 aliphatic carbocycles. The number of phenols is 1. The minimum absolute atomic E-state index is 0.0210. The van der Waals surface area contributed by atoms with Crippen LogP contribution in [0.4, 0.5) is 13.2 Å². The molecule has 2 aromatic rings. The lowest BCUT2D eigenvalue weighted by Gasteiger charge is -2.07. The van der Waals surface area contributed by atoms with Crippen LogP contribution in [0.3, 0.4) is 0 Å². The number of hydrogen-bond acceptors (Lipinski definition) is 1. The first kappa shape index (κ1) is 12.8. The third-order valence-corrected chi connectivity index (χ3v) is 2.88. The van der Waals surface area contributed by atoms with Crippen LogP contribution in [-0.4, -0.2) is 30.7 Å². The van der Waals surface area contributed by atoms with E-state index in [1.165, 1.54) is 0 Å². The summed E-state index contributed by atoms with van der Waals surface area (Å²) >= 11 is 0. The van der Waals surface area contributed by atoms with Gasteiger partial charge >= 0.3 is 0 Å². The van der Waals surface area contributed by atoms with Crippen molar-refractivity contribution in [2.24, 2.45) is 0 Å². The zero-order valence-corrected chi connectivity index (χ0v) is 10.1. The molecule has 2 rings (SSSR count). The minimum atomic E-state index is -1.35. The average Bonchev–Trinajstić information content (AvgIpc) is 2.59. The van der Waals surface area contributed by atoms with Gasteiger partial charge in [0.1, 0.15) is 0 Å². The highest BCUT2D eigenvalue weighted by Crippen LogP contribution is 2.33. The van der Waals surface area contributed by atoms with E-state index >= 15 is 0 Å². The molecule has 0 bridgehead atoms. The van der Waals surface area contributed by atoms with Crippen molar-refractivity contribution >= 4 is 10.9 Å². The summed E-state index contributed by atoms with van der Waals surface area (Å²) in [6, 6.07) is 0.847. The molecule has 0 saturated carbocycles. The lowest BCUT2D eigenvalue weighted by atomic mass is 10.1. The molecular weight excluding hydrogens is 245 g/mol. The fourth-order valence-corrected chi connectivity index (χ4v) is 1.93. The van der Waals surface area contributed by atoms with Gasteiger partial charge in [-0.1, -0.05) is 0 Å². The van der Waals surface area contributed by atoms with E-state index in [9.17, 15) is 18.3 Å². The molecule has 0 atom stereocenters. The van der Waals surface area contributed by atoms with Crippen molar-refractivity contribution in [2.45, 2.75) is 6.42 Å². The van der Waals surface area contributed by atoms with E-state index in [0.717, 1.165) is 11.0 Å². The molecule has 0 spiro atoms. The molecule has 3 N–H and O–H groups in total. The summed E-state index contributed by atoms with van der Waals surface area (Å²) in [6.45, 7) is 0.613. The Morgan fingerprint density at radius 3 is 2.56 bits per heavy atom. The maximum Gasteiger partial charge on any atom is 0.201 e. The van der Waals surface area contributed by atoms with E-state index in [2.05, 4.69) is 4.98 Å². The summed E-state index contributed by atoms with van der Waals surface area (Å²) in [5.74, 6) is -4.05. The quantitative estimate of drug-likeness (QED) is 0.755. The number of quaternary nitrogens is 1. The second-order valence-electron chi connectivity index (χ2n) is 4.57. The normalized spacial score (nSPS) is 11.7. The standard InChI is InChI=1S/C12H13F3N2O/c1-17(2)4-3-6-9-8(16-12(6)15)5-7(13)10(14)11(9)18/h5,16,18H,3-4H2,1-2H3/p+1. The molecule has 0 fully saturated rings. The SMILES string of the molecule is C[NH+](C)CCc1c(F)[nH]c2cc(F)c(F)c(O)c12. The maximum atomic E-state index is 13.7. The lowest BCUT2D eigenvalue weighted by Crippen LogP contribution is -3.06. The molecule has 0 saturated heterocycles. The van der Waals surface area contributed by atoms with Crippen LogP contribution in [0.15, 0.2) is 6.07 Å². The Bertz CT molecular complexity index is 593. The van der Waals surface area contributed by atoms with Gasteiger partial charge < -0.3 is 15.0 Å². The number of benzene rings is 1. The van der Waals surface area contributed by atoms with Crippen LogP contribution in [0.5, 0.6) is 5.75 Å². The van der Waals surface area contributed by atoms with E-state index < -0.39 is 23.3 Å². The molecular formula is C12H14F3N2O+. The topological polar surface area (TPSA) is 40.5 Å². The van der Waals surface area contributed by atoms with Crippen molar-refractivity contribution in [3.05, 3.63) is 29.2 Å². The second kappa shape index (κ2) is 4.53. The van der Waals surface area contributed by atoms with Crippen LogP contribution in [0, 0.1) is 17.6 Å². The summed E-state index contributed by atoms with van der Waals surface area (Å²) in [6.07, 6.45) is 0.326. The molecule has 98 valence electrons. The Balaban J connectivity index is 2.59. The number of hydrogen-bond donors (Lipinski definition) is 3. The number of aromatic hydroxyl groups is 1. The van der Waals surface area contributed by atoms with E-state index in [0.29, 0.717) is 13.0 Å². The van der Waals surface area contributed by atoms with Gasteiger partial charge in [-0.3, -0.25) is 0 Å². The first-order chi connectivity index (χ1) is 8.41. The van der Waals surface area contributed by atoms with Gasteiger partial charge in [0.2, 0.25) is 5.82 Å². The van der Waals surface area contributed by atoms with Crippen LogP contribution >= 0.6 is 0 Å². The fraction of sp³-hybridized carbons (Fsp3) is 0.333. The van der Waals surface area contributed by atoms with Crippen LogP contribution in [0.2, 0.25) is 0 Å². The van der Waals surface area contributed by atoms with Crippen molar-refractivity contribution in [2.75, 3.05) is 20.6 Å². The number of phenolic OH excluding ortho intramolecular Hbond substituents is 1. The predicted octanol–water partition coefficient (Wildman–Crippen LogP) is 0.978. The van der Waals surface area contributed by atoms with E-state index in [-0.39, 0.29) is 16.5 Å². The van der Waals surface area contributed by atoms with Gasteiger partial charge in [-0.2, -0.15) is 8.78 Å². The monoisotopic (exact) mass is 259 g/mol. The van der Waals surface area contributed by atoms with Crippen LogP contribution < -0.4 is 4.90 Å². The highest BCUT2D eigenvalue weighted by atomic mass is 19.2. The smallest absolute Gasteiger partial charge is 0.201 e. The molecule has 3 nitrogen and oxygen atoms in total. The number of H-pyrrole nitrogens is 1. The molecule has 6 heteroatoms. The van der Waals surface area contributed by atoms with Crippen LogP contribution in [0.1, 0.15) is 5.56 Å². The van der Waals surface area contributed by atoms with E-state index in [1.54, 1.807) is 0 Å². The zero-order chi connectivity index (χ0) is 13.4. The summed E-state index contributed by atoms with van der Waals surface area (Å²) in [4.78, 5) is 3.41. The summed E-state index contributed by atoms with van der Waals surface area (Å²) in [5.41, 5.74) is 0.246. The Hall–Kier alpha value is -1.69. The molecule has 1 aromatic heterocycles. The minimum Gasteiger partial charge on any atom is -0.504 e. The van der Waals surface area contributed by atoms with Crippen LogP contribution in [0.25, 0.3) is 10.9 Å². The van der Waals surface area contributed by atoms with E-state index in [1.807, 2.05) is 14.1 Å². The first-order valence-electron chi connectivity index (χ1n) is 5.58. The van der Waals surface area contributed by atoms with Crippen molar-refractivity contribution in [3.8, 4) is 5.75 Å². The number of rotatable bonds is 3. The predicted molar refractivity (Wildman–Crippen MR) is 61.2 cm³/mol. The molecule has 0 aliphatic heterocycles. The van der Waals surface area contributed by atoms with Gasteiger partial charge in [0.05, 0.1) is 31.5 Å². The van der Waals surface area contributed by atoms with Crippen molar-refractivity contribution in [1.82, 2.24) is 4.98 Å². The number of aromatic amines is 1. The Labute approximate surface area is 102 Å². The number of aromatic nitrogens is 1. The van der Waals surface area contributed by atoms with Gasteiger partial charge in [-0.05, 0) is 0 Å². The third kappa shape index (κ3) is 2.03. The first-order valence-corrected chi connectivity index (χ1v) is 5.58. The molecule has 0 amide bonds. The van der Waals surface area contributed by atoms with E-state index in [4.69, 9.17) is 0 Å². The van der Waals surface area contributed by atoms with Crippen molar-refractivity contribution < 1.29 is 23.2 Å². The van der Waals surface area contributed by atoms with Gasteiger partial charge in [0.25, 0.3) is 0 Å². The zero-order valence-electron chi connectivity index (χ0n) is 10.1. The van der Waals surface area contributed by atoms with Gasteiger partial charge in [-0.25, -0.2) is 4.39 Å². The van der Waals surface area contributed by atoms with Gasteiger partial charge in [-0.15, -0.1) is 0 Å². The van der Waals surface area contributed by atoms with Crippen molar-refractivity contribution in [1.29, 1.82) is 0 Å². The summed E-state index contributed by atoms with van der Waals surface area (Å²) in [5, 5.41) is 9.61. The molecule has 0 radical (unpaired) electrons. The molecule has 1 heterocycles. The third-order valence-electron chi connectivity index (χ3n) is 2.88. The molecule has 0 unspecified atom stereocenters. The lowest BCUT2D eigenvalue weighted by molar-refractivity contribution is -0.858.